The van der Waals surface area contributed by atoms with E-state index in [1.807, 2.05) is 31.2 Å². The minimum atomic E-state index is 0.0746. The quantitative estimate of drug-likeness (QED) is 0.372. The molecule has 152 valence electrons. The third-order valence-electron chi connectivity index (χ3n) is 4.97. The second kappa shape index (κ2) is 9.32. The Morgan fingerprint density at radius 1 is 0.467 bits per heavy atom. The summed E-state index contributed by atoms with van der Waals surface area (Å²) >= 11 is 0. The van der Waals surface area contributed by atoms with Gasteiger partial charge in [0.1, 0.15) is 11.5 Å². The third kappa shape index (κ3) is 5.51. The first-order chi connectivity index (χ1) is 14.3. The second-order valence-corrected chi connectivity index (χ2v) is 7.80. The molecule has 30 heavy (non-hydrogen) atoms. The van der Waals surface area contributed by atoms with Crippen molar-refractivity contribution in [2.24, 2.45) is 0 Å². The Morgan fingerprint density at radius 2 is 1.03 bits per heavy atom. The van der Waals surface area contributed by atoms with Crippen molar-refractivity contribution in [1.29, 1.82) is 0 Å². The number of phenols is 2. The lowest BCUT2D eigenvalue weighted by molar-refractivity contribution is 0.451. The Hall–Kier alpha value is -3.52. The van der Waals surface area contributed by atoms with Crippen molar-refractivity contribution in [1.82, 2.24) is 0 Å². The SMILES string of the molecule is Cc1cc(C)cc(-c2ccccc2C)c1.Cc1ccc(-c2cc(O)cc(O)c2)cc1. The van der Waals surface area contributed by atoms with E-state index >= 15 is 0 Å². The summed E-state index contributed by atoms with van der Waals surface area (Å²) in [6.45, 7) is 8.47. The van der Waals surface area contributed by atoms with Crippen molar-refractivity contribution < 1.29 is 10.2 Å². The highest BCUT2D eigenvalue weighted by molar-refractivity contribution is 5.68. The van der Waals surface area contributed by atoms with Gasteiger partial charge in [-0.1, -0.05) is 83.4 Å². The summed E-state index contributed by atoms with van der Waals surface area (Å²) < 4.78 is 0. The van der Waals surface area contributed by atoms with E-state index in [1.165, 1.54) is 39.4 Å². The number of benzene rings is 4. The van der Waals surface area contributed by atoms with E-state index in [-0.39, 0.29) is 11.5 Å². The molecule has 0 aromatic heterocycles. The highest BCUT2D eigenvalue weighted by Gasteiger charge is 2.02. The molecule has 2 nitrogen and oxygen atoms in total. The van der Waals surface area contributed by atoms with Gasteiger partial charge < -0.3 is 10.2 Å². The molecular formula is C28H28O2. The number of aryl methyl sites for hydroxylation is 4. The topological polar surface area (TPSA) is 40.5 Å². The van der Waals surface area contributed by atoms with E-state index in [2.05, 4.69) is 63.2 Å². The maximum absolute atomic E-state index is 9.35. The van der Waals surface area contributed by atoms with E-state index in [9.17, 15) is 10.2 Å². The molecule has 4 aromatic rings. The van der Waals surface area contributed by atoms with Gasteiger partial charge in [-0.05, 0) is 67.6 Å². The lowest BCUT2D eigenvalue weighted by Crippen LogP contribution is -1.85. The molecule has 0 spiro atoms. The van der Waals surface area contributed by atoms with Gasteiger partial charge in [0.25, 0.3) is 0 Å². The van der Waals surface area contributed by atoms with Crippen molar-refractivity contribution >= 4 is 0 Å². The summed E-state index contributed by atoms with van der Waals surface area (Å²) in [5.41, 5.74) is 9.63. The molecule has 0 saturated heterocycles. The number of phenolic OH excluding ortho intramolecular Hbond substituents is 2. The van der Waals surface area contributed by atoms with Crippen LogP contribution in [-0.4, -0.2) is 10.2 Å². The van der Waals surface area contributed by atoms with E-state index < -0.39 is 0 Å². The van der Waals surface area contributed by atoms with Gasteiger partial charge in [-0.3, -0.25) is 0 Å². The van der Waals surface area contributed by atoms with Crippen LogP contribution in [0.3, 0.4) is 0 Å². The average molecular weight is 397 g/mol. The second-order valence-electron chi connectivity index (χ2n) is 7.80. The molecule has 0 aliphatic carbocycles. The van der Waals surface area contributed by atoms with Gasteiger partial charge in [0, 0.05) is 6.07 Å². The van der Waals surface area contributed by atoms with Crippen LogP contribution >= 0.6 is 0 Å². The normalized spacial score (nSPS) is 10.3. The molecule has 0 amide bonds. The number of hydrogen-bond acceptors (Lipinski definition) is 2. The molecule has 0 fully saturated rings. The third-order valence-corrected chi connectivity index (χ3v) is 4.97. The number of rotatable bonds is 2. The van der Waals surface area contributed by atoms with E-state index in [1.54, 1.807) is 12.1 Å². The van der Waals surface area contributed by atoms with Crippen LogP contribution in [0, 0.1) is 27.7 Å². The Bertz CT molecular complexity index is 1100. The van der Waals surface area contributed by atoms with Crippen LogP contribution in [0.1, 0.15) is 22.3 Å². The predicted molar refractivity (Wildman–Crippen MR) is 126 cm³/mol. The van der Waals surface area contributed by atoms with Gasteiger partial charge in [0.15, 0.2) is 0 Å². The van der Waals surface area contributed by atoms with E-state index in [4.69, 9.17) is 0 Å². The van der Waals surface area contributed by atoms with Crippen molar-refractivity contribution in [3.63, 3.8) is 0 Å². The molecule has 4 rings (SSSR count). The molecule has 0 aliphatic rings. The van der Waals surface area contributed by atoms with Crippen LogP contribution in [-0.2, 0) is 0 Å². The molecule has 0 heterocycles. The van der Waals surface area contributed by atoms with Gasteiger partial charge >= 0.3 is 0 Å². The molecule has 0 unspecified atom stereocenters. The first-order valence-electron chi connectivity index (χ1n) is 10.1. The summed E-state index contributed by atoms with van der Waals surface area (Å²) in [6, 6.07) is 27.7. The van der Waals surface area contributed by atoms with Crippen LogP contribution < -0.4 is 0 Å². The van der Waals surface area contributed by atoms with E-state index in [0.717, 1.165) is 11.1 Å². The van der Waals surface area contributed by atoms with Crippen molar-refractivity contribution in [2.45, 2.75) is 27.7 Å². The lowest BCUT2D eigenvalue weighted by atomic mass is 9.97. The average Bonchev–Trinajstić information content (AvgIpc) is 2.68. The van der Waals surface area contributed by atoms with Crippen molar-refractivity contribution in [2.75, 3.05) is 0 Å². The fraction of sp³-hybridized carbons (Fsp3) is 0.143. The smallest absolute Gasteiger partial charge is 0.119 e. The summed E-state index contributed by atoms with van der Waals surface area (Å²) in [5, 5.41) is 18.7. The Balaban J connectivity index is 0.000000171. The fourth-order valence-corrected chi connectivity index (χ4v) is 3.53. The molecule has 0 aliphatic heterocycles. The maximum atomic E-state index is 9.35. The minimum Gasteiger partial charge on any atom is -0.508 e. The Kier molecular flexibility index (Phi) is 6.58. The zero-order chi connectivity index (χ0) is 21.7. The van der Waals surface area contributed by atoms with Crippen LogP contribution in [0.5, 0.6) is 11.5 Å². The summed E-state index contributed by atoms with van der Waals surface area (Å²) in [5.74, 6) is 0.149. The first-order valence-corrected chi connectivity index (χ1v) is 10.1. The van der Waals surface area contributed by atoms with Gasteiger partial charge in [0.2, 0.25) is 0 Å². The molecular weight excluding hydrogens is 368 g/mol. The highest BCUT2D eigenvalue weighted by Crippen LogP contribution is 2.28. The van der Waals surface area contributed by atoms with Gasteiger partial charge in [-0.25, -0.2) is 0 Å². The van der Waals surface area contributed by atoms with Crippen LogP contribution in [0.15, 0.2) is 84.9 Å². The summed E-state index contributed by atoms with van der Waals surface area (Å²) in [4.78, 5) is 0. The monoisotopic (exact) mass is 396 g/mol. The van der Waals surface area contributed by atoms with Crippen LogP contribution in [0.4, 0.5) is 0 Å². The molecule has 0 bridgehead atoms. The van der Waals surface area contributed by atoms with Gasteiger partial charge in [0.05, 0.1) is 0 Å². The molecule has 4 aromatic carbocycles. The van der Waals surface area contributed by atoms with Gasteiger partial charge in [-0.15, -0.1) is 0 Å². The zero-order valence-corrected chi connectivity index (χ0v) is 18.0. The van der Waals surface area contributed by atoms with Crippen LogP contribution in [0.2, 0.25) is 0 Å². The molecule has 0 radical (unpaired) electrons. The number of aromatic hydroxyl groups is 2. The standard InChI is InChI=1S/C15H16.C13H12O2/c1-11-8-12(2)10-14(9-11)15-7-5-4-6-13(15)3;1-9-2-4-10(5-3-9)11-6-12(14)8-13(15)7-11/h4-10H,1-3H3;2-8,14-15H,1H3. The molecule has 0 atom stereocenters. The summed E-state index contributed by atoms with van der Waals surface area (Å²) in [7, 11) is 0. The molecule has 2 N–H and O–H groups in total. The largest absolute Gasteiger partial charge is 0.508 e. The minimum absolute atomic E-state index is 0.0746. The predicted octanol–water partition coefficient (Wildman–Crippen LogP) is 7.35. The zero-order valence-electron chi connectivity index (χ0n) is 18.0. The number of hydrogen-bond donors (Lipinski definition) is 2. The van der Waals surface area contributed by atoms with E-state index in [0.29, 0.717) is 0 Å². The van der Waals surface area contributed by atoms with Crippen molar-refractivity contribution in [3.8, 4) is 33.8 Å². The summed E-state index contributed by atoms with van der Waals surface area (Å²) in [6.07, 6.45) is 0. The lowest BCUT2D eigenvalue weighted by Gasteiger charge is -2.08. The fourth-order valence-electron chi connectivity index (χ4n) is 3.53. The molecule has 2 heteroatoms. The highest BCUT2D eigenvalue weighted by atomic mass is 16.3. The van der Waals surface area contributed by atoms with Gasteiger partial charge in [-0.2, -0.15) is 0 Å². The van der Waals surface area contributed by atoms with Crippen LogP contribution in [0.25, 0.3) is 22.3 Å². The molecule has 0 saturated carbocycles. The Labute approximate surface area is 179 Å². The van der Waals surface area contributed by atoms with Crippen molar-refractivity contribution in [3.05, 3.63) is 107 Å². The maximum Gasteiger partial charge on any atom is 0.119 e. The first kappa shape index (κ1) is 21.2. The Morgan fingerprint density at radius 3 is 1.60 bits per heavy atom.